The highest BCUT2D eigenvalue weighted by Gasteiger charge is 2.26. The van der Waals surface area contributed by atoms with Crippen LogP contribution in [0.1, 0.15) is 36.3 Å². The number of rotatable bonds is 2. The van der Waals surface area contributed by atoms with E-state index < -0.39 is 11.6 Å². The molecule has 2 atom stereocenters. The van der Waals surface area contributed by atoms with Crippen LogP contribution in [0.5, 0.6) is 0 Å². The fourth-order valence-corrected chi connectivity index (χ4v) is 4.01. The third kappa shape index (κ3) is 3.04. The first kappa shape index (κ1) is 17.8. The second-order valence-electron chi connectivity index (χ2n) is 7.31. The van der Waals surface area contributed by atoms with E-state index in [1.807, 2.05) is 0 Å². The number of nitrogens with one attached hydrogen (secondary N) is 1. The molecule has 1 aromatic heterocycles. The maximum atomic E-state index is 14.8. The van der Waals surface area contributed by atoms with E-state index in [4.69, 9.17) is 11.1 Å². The quantitative estimate of drug-likeness (QED) is 0.688. The Balaban J connectivity index is 2.01. The maximum Gasteiger partial charge on any atom is 0.150 e. The van der Waals surface area contributed by atoms with Crippen molar-refractivity contribution in [2.45, 2.75) is 38.1 Å². The van der Waals surface area contributed by atoms with E-state index in [1.165, 1.54) is 18.2 Å². The third-order valence-corrected chi connectivity index (χ3v) is 5.44. The summed E-state index contributed by atoms with van der Waals surface area (Å²) in [4.78, 5) is 0. The van der Waals surface area contributed by atoms with Gasteiger partial charge in [-0.05, 0) is 67.5 Å². The molecule has 0 radical (unpaired) electrons. The van der Waals surface area contributed by atoms with Gasteiger partial charge in [0.2, 0.25) is 0 Å². The van der Waals surface area contributed by atoms with E-state index in [9.17, 15) is 13.2 Å². The zero-order chi connectivity index (χ0) is 19.3. The maximum absolute atomic E-state index is 14.8. The minimum absolute atomic E-state index is 0.00593. The molecule has 0 aliphatic heterocycles. The molecule has 3 aromatic rings. The van der Waals surface area contributed by atoms with Gasteiger partial charge in [0.25, 0.3) is 0 Å². The van der Waals surface area contributed by atoms with Crippen LogP contribution in [-0.4, -0.2) is 10.6 Å². The van der Waals surface area contributed by atoms with Gasteiger partial charge in [-0.25, -0.2) is 13.2 Å². The number of halogens is 3. The first-order valence-electron chi connectivity index (χ1n) is 8.96. The van der Waals surface area contributed by atoms with Crippen LogP contribution >= 0.6 is 0 Å². The van der Waals surface area contributed by atoms with Crippen LogP contribution in [0.3, 0.4) is 0 Å². The molecule has 1 aliphatic carbocycles. The summed E-state index contributed by atoms with van der Waals surface area (Å²) in [5, 5.41) is 8.87. The Bertz CT molecular complexity index is 1100. The summed E-state index contributed by atoms with van der Waals surface area (Å²) >= 11 is 0. The monoisotopic (exact) mass is 371 g/mol. The molecule has 2 aromatic carbocycles. The number of nitrogens with zero attached hydrogens (tertiary/aromatic N) is 1. The van der Waals surface area contributed by atoms with E-state index in [0.29, 0.717) is 28.5 Å². The Kier molecular flexibility index (Phi) is 4.30. The normalized spacial score (nSPS) is 19.7. The van der Waals surface area contributed by atoms with Crippen molar-refractivity contribution in [3.8, 4) is 5.69 Å². The number of aromatic nitrogens is 1. The van der Waals surface area contributed by atoms with Crippen LogP contribution in [0.2, 0.25) is 0 Å². The van der Waals surface area contributed by atoms with Gasteiger partial charge in [-0.1, -0.05) is 0 Å². The highest BCUT2D eigenvalue weighted by Crippen LogP contribution is 2.36. The summed E-state index contributed by atoms with van der Waals surface area (Å²) in [6.45, 7) is 1.71. The molecule has 4 rings (SSSR count). The molecular weight excluding hydrogens is 351 g/mol. The Morgan fingerprint density at radius 1 is 1.07 bits per heavy atom. The second-order valence-corrected chi connectivity index (χ2v) is 7.31. The first-order valence-corrected chi connectivity index (χ1v) is 8.96. The molecule has 1 aliphatic rings. The van der Waals surface area contributed by atoms with Crippen LogP contribution in [0.4, 0.5) is 13.2 Å². The van der Waals surface area contributed by atoms with Crippen LogP contribution in [-0.2, 0) is 0 Å². The predicted octanol–water partition coefficient (Wildman–Crippen LogP) is 4.43. The molecule has 3 nitrogen and oxygen atoms in total. The Hall–Kier alpha value is -2.60. The van der Waals surface area contributed by atoms with Crippen molar-refractivity contribution in [2.75, 3.05) is 0 Å². The van der Waals surface area contributed by atoms with Crippen molar-refractivity contribution >= 4 is 10.9 Å². The lowest BCUT2D eigenvalue weighted by Crippen LogP contribution is -2.15. The fourth-order valence-electron chi connectivity index (χ4n) is 4.01. The SMILES string of the molecule is Cc1cn(-c2ccc(F)cc2F)c2cc(C3CCC(N)C3)c(F)cc2c1=N. The second kappa shape index (κ2) is 6.53. The number of hydrogen-bond donors (Lipinski definition) is 2. The zero-order valence-electron chi connectivity index (χ0n) is 14.9. The zero-order valence-corrected chi connectivity index (χ0v) is 14.9. The lowest BCUT2D eigenvalue weighted by Gasteiger charge is -2.18. The average Bonchev–Trinajstić information content (AvgIpc) is 3.04. The van der Waals surface area contributed by atoms with Gasteiger partial charge in [0.1, 0.15) is 17.5 Å². The van der Waals surface area contributed by atoms with Gasteiger partial charge >= 0.3 is 0 Å². The van der Waals surface area contributed by atoms with E-state index in [1.54, 1.807) is 23.8 Å². The molecule has 140 valence electrons. The van der Waals surface area contributed by atoms with Crippen molar-refractivity contribution in [1.29, 1.82) is 5.41 Å². The van der Waals surface area contributed by atoms with Gasteiger partial charge in [0.05, 0.1) is 16.6 Å². The molecule has 3 N–H and O–H groups in total. The summed E-state index contributed by atoms with van der Waals surface area (Å²) in [5.74, 6) is -1.74. The first-order chi connectivity index (χ1) is 12.8. The molecule has 0 bridgehead atoms. The Labute approximate surface area is 154 Å². The number of pyridine rings is 1. The third-order valence-electron chi connectivity index (χ3n) is 5.44. The summed E-state index contributed by atoms with van der Waals surface area (Å²) in [5.41, 5.74) is 7.77. The minimum Gasteiger partial charge on any atom is -0.328 e. The van der Waals surface area contributed by atoms with Crippen LogP contribution in [0.15, 0.2) is 36.5 Å². The van der Waals surface area contributed by atoms with Gasteiger partial charge < -0.3 is 10.3 Å². The van der Waals surface area contributed by atoms with Crippen molar-refractivity contribution in [1.82, 2.24) is 4.57 Å². The molecule has 1 saturated carbocycles. The van der Waals surface area contributed by atoms with Gasteiger partial charge in [0, 0.05) is 23.7 Å². The number of aryl methyl sites for hydroxylation is 1. The Morgan fingerprint density at radius 2 is 1.85 bits per heavy atom. The van der Waals surface area contributed by atoms with Crippen LogP contribution in [0.25, 0.3) is 16.6 Å². The van der Waals surface area contributed by atoms with Gasteiger partial charge in [-0.15, -0.1) is 0 Å². The molecule has 0 saturated heterocycles. The summed E-state index contributed by atoms with van der Waals surface area (Å²) in [7, 11) is 0. The van der Waals surface area contributed by atoms with Crippen molar-refractivity contribution in [2.24, 2.45) is 5.73 Å². The lowest BCUT2D eigenvalue weighted by atomic mass is 9.95. The number of nitrogens with two attached hydrogens (primary N) is 1. The predicted molar refractivity (Wildman–Crippen MR) is 98.3 cm³/mol. The molecule has 1 heterocycles. The molecule has 2 unspecified atom stereocenters. The van der Waals surface area contributed by atoms with E-state index in [2.05, 4.69) is 0 Å². The lowest BCUT2D eigenvalue weighted by molar-refractivity contribution is 0.576. The van der Waals surface area contributed by atoms with E-state index in [-0.39, 0.29) is 28.8 Å². The van der Waals surface area contributed by atoms with Crippen molar-refractivity contribution in [3.05, 3.63) is 70.5 Å². The van der Waals surface area contributed by atoms with Crippen molar-refractivity contribution in [3.63, 3.8) is 0 Å². The largest absolute Gasteiger partial charge is 0.328 e. The number of hydrogen-bond acceptors (Lipinski definition) is 2. The average molecular weight is 371 g/mol. The number of benzene rings is 2. The van der Waals surface area contributed by atoms with Crippen molar-refractivity contribution < 1.29 is 13.2 Å². The molecule has 6 heteroatoms. The van der Waals surface area contributed by atoms with E-state index >= 15 is 0 Å². The van der Waals surface area contributed by atoms with Gasteiger partial charge in [-0.2, -0.15) is 0 Å². The van der Waals surface area contributed by atoms with Crippen LogP contribution < -0.4 is 11.1 Å². The number of fused-ring (bicyclic) bond motifs is 1. The van der Waals surface area contributed by atoms with Crippen LogP contribution in [0, 0.1) is 29.8 Å². The Morgan fingerprint density at radius 3 is 2.52 bits per heavy atom. The molecule has 1 fully saturated rings. The summed E-state index contributed by atoms with van der Waals surface area (Å²) < 4.78 is 44.2. The molecule has 0 amide bonds. The topological polar surface area (TPSA) is 54.8 Å². The van der Waals surface area contributed by atoms with Gasteiger partial charge in [-0.3, -0.25) is 5.41 Å². The smallest absolute Gasteiger partial charge is 0.150 e. The highest BCUT2D eigenvalue weighted by molar-refractivity contribution is 5.82. The summed E-state index contributed by atoms with van der Waals surface area (Å²) in [6.07, 6.45) is 3.97. The minimum atomic E-state index is -0.716. The van der Waals surface area contributed by atoms with E-state index in [0.717, 1.165) is 18.9 Å². The standard InChI is InChI=1S/C21H20F3N3/c1-11-10-27(19-5-3-13(22)7-18(19)24)20-9-15(12-2-4-14(25)6-12)17(23)8-16(20)21(11)26/h3,5,7-10,12,14,26H,2,4,6,25H2,1H3. The van der Waals surface area contributed by atoms with Gasteiger partial charge in [0.15, 0.2) is 0 Å². The summed E-state index contributed by atoms with van der Waals surface area (Å²) in [6, 6.07) is 6.44. The molecule has 0 spiro atoms. The highest BCUT2D eigenvalue weighted by atomic mass is 19.1. The molecular formula is C21H20F3N3. The fraction of sp³-hybridized carbons (Fsp3) is 0.286. The molecule has 27 heavy (non-hydrogen) atoms.